The average Bonchev–Trinajstić information content (AvgIpc) is 3.00. The quantitative estimate of drug-likeness (QED) is 0.248. The number of anilines is 1. The van der Waals surface area contributed by atoms with Crippen molar-refractivity contribution in [3.8, 4) is 0 Å². The fraction of sp³-hybridized carbons (Fsp3) is 0.562. The molecule has 2 N–H and O–H groups in total. The van der Waals surface area contributed by atoms with Gasteiger partial charge in [0.1, 0.15) is 0 Å². The lowest BCUT2D eigenvalue weighted by Gasteiger charge is -2.20. The van der Waals surface area contributed by atoms with E-state index in [1.54, 1.807) is 11.8 Å². The van der Waals surface area contributed by atoms with E-state index < -0.39 is 10.0 Å². The van der Waals surface area contributed by atoms with Gasteiger partial charge in [-0.15, -0.1) is 24.0 Å². The number of halogens is 1. The number of guanidine groups is 1. The third-order valence-corrected chi connectivity index (χ3v) is 6.10. The van der Waals surface area contributed by atoms with Crippen molar-refractivity contribution >= 4 is 57.4 Å². The van der Waals surface area contributed by atoms with Gasteiger partial charge in [0, 0.05) is 25.4 Å². The van der Waals surface area contributed by atoms with Gasteiger partial charge in [0.15, 0.2) is 5.96 Å². The Morgan fingerprint density at radius 3 is 2.80 bits per heavy atom. The van der Waals surface area contributed by atoms with E-state index in [4.69, 9.17) is 0 Å². The molecule has 0 aromatic heterocycles. The fourth-order valence-electron chi connectivity index (χ4n) is 2.60. The van der Waals surface area contributed by atoms with Crippen LogP contribution in [0.5, 0.6) is 0 Å². The zero-order valence-electron chi connectivity index (χ0n) is 14.7. The van der Waals surface area contributed by atoms with Crippen molar-refractivity contribution in [2.24, 2.45) is 4.99 Å². The lowest BCUT2D eigenvalue weighted by Crippen LogP contribution is -2.42. The summed E-state index contributed by atoms with van der Waals surface area (Å²) in [6.45, 7) is 4.32. The molecular formula is C16H27IN4O2S2. The summed E-state index contributed by atoms with van der Waals surface area (Å²) in [5, 5.41) is 6.24. The maximum atomic E-state index is 12.6. The molecule has 0 spiro atoms. The molecule has 6 nitrogen and oxygen atoms in total. The average molecular weight is 498 g/mol. The first-order valence-electron chi connectivity index (χ1n) is 8.18. The Balaban J connectivity index is 0.00000312. The topological polar surface area (TPSA) is 73.8 Å². The van der Waals surface area contributed by atoms with Crippen LogP contribution in [0.4, 0.5) is 5.69 Å². The molecule has 0 aliphatic carbocycles. The number of nitrogens with zero attached hydrogens (tertiary/aromatic N) is 2. The molecule has 0 bridgehead atoms. The smallest absolute Gasteiger partial charge is 0.236 e. The minimum Gasteiger partial charge on any atom is -0.357 e. The van der Waals surface area contributed by atoms with Crippen LogP contribution in [0.1, 0.15) is 12.5 Å². The Morgan fingerprint density at radius 2 is 2.08 bits per heavy atom. The van der Waals surface area contributed by atoms with Gasteiger partial charge in [-0.1, -0.05) is 18.2 Å². The monoisotopic (exact) mass is 498 g/mol. The molecule has 0 saturated carbocycles. The zero-order valence-corrected chi connectivity index (χ0v) is 18.7. The number of hydrogen-bond donors (Lipinski definition) is 2. The maximum absolute atomic E-state index is 12.6. The highest BCUT2D eigenvalue weighted by atomic mass is 127. The molecule has 1 aromatic carbocycles. The van der Waals surface area contributed by atoms with Crippen LogP contribution >= 0.6 is 35.7 Å². The van der Waals surface area contributed by atoms with Gasteiger partial charge in [-0.3, -0.25) is 9.30 Å². The molecule has 1 heterocycles. The van der Waals surface area contributed by atoms with Crippen molar-refractivity contribution < 1.29 is 8.42 Å². The van der Waals surface area contributed by atoms with Crippen molar-refractivity contribution in [1.82, 2.24) is 10.6 Å². The second-order valence-electron chi connectivity index (χ2n) is 5.45. The predicted molar refractivity (Wildman–Crippen MR) is 119 cm³/mol. The highest BCUT2D eigenvalue weighted by Crippen LogP contribution is 2.29. The van der Waals surface area contributed by atoms with Gasteiger partial charge in [-0.25, -0.2) is 8.42 Å². The summed E-state index contributed by atoms with van der Waals surface area (Å²) in [7, 11) is -3.33. The van der Waals surface area contributed by atoms with Crippen LogP contribution in [0.3, 0.4) is 0 Å². The van der Waals surface area contributed by atoms with Gasteiger partial charge < -0.3 is 10.6 Å². The highest BCUT2D eigenvalue weighted by Gasteiger charge is 2.28. The van der Waals surface area contributed by atoms with E-state index in [0.29, 0.717) is 25.6 Å². The van der Waals surface area contributed by atoms with Gasteiger partial charge in [-0.05, 0) is 31.2 Å². The Morgan fingerprint density at radius 1 is 1.32 bits per heavy atom. The number of benzene rings is 1. The number of fused-ring (bicyclic) bond motifs is 1. The molecule has 0 amide bonds. The number of hydrogen-bond acceptors (Lipinski definition) is 4. The van der Waals surface area contributed by atoms with Crippen molar-refractivity contribution in [2.75, 3.05) is 48.2 Å². The first-order valence-corrected chi connectivity index (χ1v) is 11.2. The molecule has 1 aromatic rings. The van der Waals surface area contributed by atoms with Gasteiger partial charge in [0.2, 0.25) is 10.0 Å². The molecule has 0 radical (unpaired) electrons. The Hall–Kier alpha value is -0.680. The first kappa shape index (κ1) is 22.4. The van der Waals surface area contributed by atoms with Crippen molar-refractivity contribution in [3.05, 3.63) is 29.8 Å². The number of para-hydroxylation sites is 1. The summed E-state index contributed by atoms with van der Waals surface area (Å²) in [5.41, 5.74) is 1.92. The van der Waals surface area contributed by atoms with Crippen molar-refractivity contribution in [1.29, 1.82) is 0 Å². The maximum Gasteiger partial charge on any atom is 0.236 e. The van der Waals surface area contributed by atoms with E-state index in [1.807, 2.05) is 37.4 Å². The molecule has 9 heteroatoms. The zero-order chi connectivity index (χ0) is 17.4. The molecular weight excluding hydrogens is 471 g/mol. The lowest BCUT2D eigenvalue weighted by molar-refractivity contribution is 0.591. The van der Waals surface area contributed by atoms with Gasteiger partial charge in [0.25, 0.3) is 0 Å². The lowest BCUT2D eigenvalue weighted by atomic mass is 10.2. The summed E-state index contributed by atoms with van der Waals surface area (Å²) in [6, 6.07) is 7.70. The van der Waals surface area contributed by atoms with Gasteiger partial charge >= 0.3 is 0 Å². The summed E-state index contributed by atoms with van der Waals surface area (Å²) in [6.07, 6.45) is 2.82. The minimum absolute atomic E-state index is 0. The van der Waals surface area contributed by atoms with E-state index in [-0.39, 0.29) is 29.7 Å². The van der Waals surface area contributed by atoms with Gasteiger partial charge in [-0.2, -0.15) is 11.8 Å². The van der Waals surface area contributed by atoms with Crippen LogP contribution in [-0.4, -0.2) is 58.3 Å². The van der Waals surface area contributed by atoms with E-state index in [0.717, 1.165) is 30.0 Å². The van der Waals surface area contributed by atoms with E-state index >= 15 is 0 Å². The molecule has 1 aliphatic heterocycles. The second kappa shape index (κ2) is 11.1. The molecule has 0 unspecified atom stereocenters. The third kappa shape index (κ3) is 6.52. The second-order valence-corrected chi connectivity index (χ2v) is 8.45. The molecule has 142 valence electrons. The Labute approximate surface area is 172 Å². The van der Waals surface area contributed by atoms with Crippen LogP contribution in [0, 0.1) is 0 Å². The van der Waals surface area contributed by atoms with E-state index in [1.165, 1.54) is 4.31 Å². The summed E-state index contributed by atoms with van der Waals surface area (Å²) in [5.74, 6) is 1.66. The summed E-state index contributed by atoms with van der Waals surface area (Å²) < 4.78 is 26.8. The van der Waals surface area contributed by atoms with E-state index in [2.05, 4.69) is 15.6 Å². The number of thioether (sulfide) groups is 1. The van der Waals surface area contributed by atoms with E-state index in [9.17, 15) is 8.42 Å². The highest BCUT2D eigenvalue weighted by molar-refractivity contribution is 14.0. The minimum atomic E-state index is -3.33. The van der Waals surface area contributed by atoms with Crippen LogP contribution < -0.4 is 14.9 Å². The standard InChI is InChI=1S/C16H26N4O2S2.HI/c1-3-17-16(18-9-12-23-2)19-10-13-24(21,22)20-11-8-14-6-4-5-7-15(14)20;/h4-7H,3,8-13H2,1-2H3,(H2,17,18,19);1H. The first-order chi connectivity index (χ1) is 11.6. The number of aliphatic imine (C=N–C) groups is 1. The fourth-order valence-corrected chi connectivity index (χ4v) is 4.30. The van der Waals surface area contributed by atoms with Crippen molar-refractivity contribution in [2.45, 2.75) is 13.3 Å². The Kier molecular flexibility index (Phi) is 9.95. The summed E-state index contributed by atoms with van der Waals surface area (Å²) in [4.78, 5) is 4.42. The Bertz CT molecular complexity index is 668. The molecule has 0 fully saturated rings. The van der Waals surface area contributed by atoms with Crippen LogP contribution in [-0.2, 0) is 16.4 Å². The van der Waals surface area contributed by atoms with Crippen molar-refractivity contribution in [3.63, 3.8) is 0 Å². The third-order valence-electron chi connectivity index (χ3n) is 3.74. The van der Waals surface area contributed by atoms with Gasteiger partial charge in [0.05, 0.1) is 18.0 Å². The molecule has 2 rings (SSSR count). The summed E-state index contributed by atoms with van der Waals surface area (Å²) >= 11 is 1.73. The number of sulfonamides is 1. The normalized spacial score (nSPS) is 14.0. The molecule has 1 aliphatic rings. The van der Waals surface area contributed by atoms with Crippen LogP contribution in [0.25, 0.3) is 0 Å². The predicted octanol–water partition coefficient (Wildman–Crippen LogP) is 1.92. The number of nitrogens with one attached hydrogen (secondary N) is 2. The largest absolute Gasteiger partial charge is 0.357 e. The molecule has 25 heavy (non-hydrogen) atoms. The van der Waals surface area contributed by atoms with Crippen LogP contribution in [0.15, 0.2) is 29.3 Å². The molecule has 0 atom stereocenters. The molecule has 0 saturated heterocycles. The number of rotatable bonds is 8. The van der Waals surface area contributed by atoms with Crippen LogP contribution in [0.2, 0.25) is 0 Å². The SMILES string of the molecule is CCNC(=NCCSC)NCCS(=O)(=O)N1CCc2ccccc21.I.